The summed E-state index contributed by atoms with van der Waals surface area (Å²) < 4.78 is 0. The molecule has 4 heteroatoms. The van der Waals surface area contributed by atoms with Gasteiger partial charge in [0.05, 0.1) is 0 Å². The zero-order valence-electron chi connectivity index (χ0n) is 12.7. The average Bonchev–Trinajstić information content (AvgIpc) is 2.46. The van der Waals surface area contributed by atoms with Crippen LogP contribution in [-0.2, 0) is 6.54 Å². The minimum atomic E-state index is -0.149. The van der Waals surface area contributed by atoms with Gasteiger partial charge in [0.15, 0.2) is 0 Å². The highest BCUT2D eigenvalue weighted by Crippen LogP contribution is 2.11. The van der Waals surface area contributed by atoms with Crippen molar-refractivity contribution < 1.29 is 4.79 Å². The first-order valence-corrected chi connectivity index (χ1v) is 7.11. The van der Waals surface area contributed by atoms with E-state index in [1.54, 1.807) is 12.3 Å². The molecule has 1 aromatic carbocycles. The van der Waals surface area contributed by atoms with Crippen molar-refractivity contribution in [1.82, 2.24) is 10.3 Å². The summed E-state index contributed by atoms with van der Waals surface area (Å²) in [5, 5.41) is 6.15. The molecule has 0 spiro atoms. The quantitative estimate of drug-likeness (QED) is 0.886. The molecular weight excluding hydrogens is 262 g/mol. The van der Waals surface area contributed by atoms with E-state index in [-0.39, 0.29) is 11.9 Å². The van der Waals surface area contributed by atoms with Gasteiger partial charge in [0, 0.05) is 24.5 Å². The third kappa shape index (κ3) is 4.60. The van der Waals surface area contributed by atoms with E-state index >= 15 is 0 Å². The molecule has 0 aliphatic heterocycles. The Morgan fingerprint density at radius 2 is 1.90 bits per heavy atom. The molecule has 1 heterocycles. The van der Waals surface area contributed by atoms with Crippen LogP contribution in [0.2, 0.25) is 0 Å². The van der Waals surface area contributed by atoms with Gasteiger partial charge in [0.25, 0.3) is 5.91 Å². The molecule has 0 radical (unpaired) electrons. The van der Waals surface area contributed by atoms with E-state index < -0.39 is 0 Å². The Hall–Kier alpha value is -2.36. The number of amides is 1. The zero-order chi connectivity index (χ0) is 15.2. The SMILES string of the molecule is Cc1ccc(CNc2ccnc(C(=O)NC(C)C)c2)cc1. The van der Waals surface area contributed by atoms with Crippen molar-refractivity contribution in [3.63, 3.8) is 0 Å². The molecule has 0 aliphatic rings. The fourth-order valence-electron chi connectivity index (χ4n) is 1.91. The van der Waals surface area contributed by atoms with E-state index in [9.17, 15) is 4.79 Å². The molecule has 2 aromatic rings. The van der Waals surface area contributed by atoms with Crippen LogP contribution in [0.25, 0.3) is 0 Å². The maximum absolute atomic E-state index is 11.9. The van der Waals surface area contributed by atoms with Crippen LogP contribution in [0.3, 0.4) is 0 Å². The molecule has 2 rings (SSSR count). The standard InChI is InChI=1S/C17H21N3O/c1-12(2)20-17(21)16-10-15(8-9-18-16)19-11-14-6-4-13(3)5-7-14/h4-10,12H,11H2,1-3H3,(H,18,19)(H,20,21). The number of carbonyl (C=O) groups excluding carboxylic acids is 1. The molecule has 110 valence electrons. The number of hydrogen-bond donors (Lipinski definition) is 2. The van der Waals surface area contributed by atoms with Crippen LogP contribution >= 0.6 is 0 Å². The van der Waals surface area contributed by atoms with Gasteiger partial charge in [0.1, 0.15) is 5.69 Å². The molecule has 2 N–H and O–H groups in total. The van der Waals surface area contributed by atoms with Crippen LogP contribution in [-0.4, -0.2) is 16.9 Å². The maximum Gasteiger partial charge on any atom is 0.270 e. The number of nitrogens with zero attached hydrogens (tertiary/aromatic N) is 1. The topological polar surface area (TPSA) is 54.0 Å². The number of aromatic nitrogens is 1. The fraction of sp³-hybridized carbons (Fsp3) is 0.294. The van der Waals surface area contributed by atoms with Gasteiger partial charge in [-0.25, -0.2) is 0 Å². The molecule has 1 amide bonds. The van der Waals surface area contributed by atoms with E-state index in [0.29, 0.717) is 5.69 Å². The van der Waals surface area contributed by atoms with Crippen LogP contribution in [0, 0.1) is 6.92 Å². The summed E-state index contributed by atoms with van der Waals surface area (Å²) in [6.07, 6.45) is 1.65. The number of aryl methyl sites for hydroxylation is 1. The van der Waals surface area contributed by atoms with Crippen LogP contribution in [0.4, 0.5) is 5.69 Å². The summed E-state index contributed by atoms with van der Waals surface area (Å²) in [4.78, 5) is 16.0. The van der Waals surface area contributed by atoms with E-state index in [0.717, 1.165) is 12.2 Å². The van der Waals surface area contributed by atoms with E-state index in [1.165, 1.54) is 11.1 Å². The van der Waals surface area contributed by atoms with Gasteiger partial charge in [-0.3, -0.25) is 9.78 Å². The third-order valence-electron chi connectivity index (χ3n) is 3.03. The number of benzene rings is 1. The minimum absolute atomic E-state index is 0.100. The Morgan fingerprint density at radius 1 is 1.19 bits per heavy atom. The first-order valence-electron chi connectivity index (χ1n) is 7.11. The van der Waals surface area contributed by atoms with Crippen LogP contribution < -0.4 is 10.6 Å². The van der Waals surface area contributed by atoms with Crippen molar-refractivity contribution >= 4 is 11.6 Å². The highest BCUT2D eigenvalue weighted by atomic mass is 16.1. The lowest BCUT2D eigenvalue weighted by Crippen LogP contribution is -2.30. The van der Waals surface area contributed by atoms with Gasteiger partial charge in [-0.15, -0.1) is 0 Å². The molecule has 0 unspecified atom stereocenters. The van der Waals surface area contributed by atoms with E-state index in [2.05, 4.69) is 46.8 Å². The number of hydrogen-bond acceptors (Lipinski definition) is 3. The van der Waals surface area contributed by atoms with Gasteiger partial charge >= 0.3 is 0 Å². The van der Waals surface area contributed by atoms with Crippen LogP contribution in [0.15, 0.2) is 42.6 Å². The molecule has 1 aromatic heterocycles. The molecular formula is C17H21N3O. The van der Waals surface area contributed by atoms with Crippen molar-refractivity contribution in [3.05, 3.63) is 59.4 Å². The Balaban J connectivity index is 2.00. The lowest BCUT2D eigenvalue weighted by Gasteiger charge is -2.10. The van der Waals surface area contributed by atoms with Crippen molar-refractivity contribution in [2.24, 2.45) is 0 Å². The Bertz CT molecular complexity index is 606. The molecule has 0 fully saturated rings. The van der Waals surface area contributed by atoms with Gasteiger partial charge < -0.3 is 10.6 Å². The van der Waals surface area contributed by atoms with Gasteiger partial charge in [-0.2, -0.15) is 0 Å². The number of rotatable bonds is 5. The Kier molecular flexibility index (Phi) is 4.93. The smallest absolute Gasteiger partial charge is 0.270 e. The van der Waals surface area contributed by atoms with Crippen molar-refractivity contribution in [2.75, 3.05) is 5.32 Å². The third-order valence-corrected chi connectivity index (χ3v) is 3.03. The Morgan fingerprint density at radius 3 is 2.57 bits per heavy atom. The number of nitrogens with one attached hydrogen (secondary N) is 2. The molecule has 0 aliphatic carbocycles. The second-order valence-electron chi connectivity index (χ2n) is 5.40. The Labute approximate surface area is 125 Å². The summed E-state index contributed by atoms with van der Waals surface area (Å²) in [6, 6.07) is 12.1. The van der Waals surface area contributed by atoms with Gasteiger partial charge in [-0.05, 0) is 38.5 Å². The van der Waals surface area contributed by atoms with Gasteiger partial charge in [-0.1, -0.05) is 29.8 Å². The van der Waals surface area contributed by atoms with Gasteiger partial charge in [0.2, 0.25) is 0 Å². The normalized spacial score (nSPS) is 10.5. The van der Waals surface area contributed by atoms with E-state index in [4.69, 9.17) is 0 Å². The van der Waals surface area contributed by atoms with Crippen LogP contribution in [0.5, 0.6) is 0 Å². The largest absolute Gasteiger partial charge is 0.381 e. The number of carbonyl (C=O) groups is 1. The minimum Gasteiger partial charge on any atom is -0.381 e. The number of anilines is 1. The maximum atomic E-state index is 11.9. The first kappa shape index (κ1) is 15.0. The monoisotopic (exact) mass is 283 g/mol. The van der Waals surface area contributed by atoms with Crippen molar-refractivity contribution in [2.45, 2.75) is 33.4 Å². The molecule has 21 heavy (non-hydrogen) atoms. The predicted molar refractivity (Wildman–Crippen MR) is 85.3 cm³/mol. The summed E-state index contributed by atoms with van der Waals surface area (Å²) >= 11 is 0. The second kappa shape index (κ2) is 6.88. The summed E-state index contributed by atoms with van der Waals surface area (Å²) in [5.74, 6) is -0.149. The lowest BCUT2D eigenvalue weighted by atomic mass is 10.1. The first-order chi connectivity index (χ1) is 10.0. The molecule has 0 bridgehead atoms. The van der Waals surface area contributed by atoms with E-state index in [1.807, 2.05) is 19.9 Å². The van der Waals surface area contributed by atoms with Crippen LogP contribution in [0.1, 0.15) is 35.5 Å². The highest BCUT2D eigenvalue weighted by Gasteiger charge is 2.08. The lowest BCUT2D eigenvalue weighted by molar-refractivity contribution is 0.0938. The molecule has 0 saturated carbocycles. The molecule has 4 nitrogen and oxygen atoms in total. The highest BCUT2D eigenvalue weighted by molar-refractivity contribution is 5.93. The fourth-order valence-corrected chi connectivity index (χ4v) is 1.91. The molecule has 0 atom stereocenters. The zero-order valence-corrected chi connectivity index (χ0v) is 12.7. The average molecular weight is 283 g/mol. The second-order valence-corrected chi connectivity index (χ2v) is 5.40. The van der Waals surface area contributed by atoms with Crippen molar-refractivity contribution in [1.29, 1.82) is 0 Å². The summed E-state index contributed by atoms with van der Waals surface area (Å²) in [6.45, 7) is 6.64. The number of pyridine rings is 1. The van der Waals surface area contributed by atoms with Crippen molar-refractivity contribution in [3.8, 4) is 0 Å². The summed E-state index contributed by atoms with van der Waals surface area (Å²) in [5.41, 5.74) is 3.76. The summed E-state index contributed by atoms with van der Waals surface area (Å²) in [7, 11) is 0. The molecule has 0 saturated heterocycles. The predicted octanol–water partition coefficient (Wildman–Crippen LogP) is 3.14.